The van der Waals surface area contributed by atoms with Gasteiger partial charge in [-0.15, -0.1) is 0 Å². The second-order valence-electron chi connectivity index (χ2n) is 8.47. The van der Waals surface area contributed by atoms with E-state index in [1.165, 1.54) is 6.33 Å². The Hall–Kier alpha value is -2.55. The van der Waals surface area contributed by atoms with E-state index >= 15 is 0 Å². The molecule has 0 radical (unpaired) electrons. The van der Waals surface area contributed by atoms with Gasteiger partial charge in [-0.2, -0.15) is 0 Å². The minimum Gasteiger partial charge on any atom is -0.465 e. The highest BCUT2D eigenvalue weighted by atomic mass is 35.5. The molecular formula is C23H29ClN4O4. The molecule has 0 unspecified atom stereocenters. The molecule has 0 saturated heterocycles. The van der Waals surface area contributed by atoms with E-state index in [2.05, 4.69) is 15.0 Å². The fraction of sp³-hybridized carbons (Fsp3) is 0.478. The number of esters is 1. The molecule has 3 aromatic rings. The Labute approximate surface area is 192 Å². The van der Waals surface area contributed by atoms with Crippen molar-refractivity contribution in [3.63, 3.8) is 0 Å². The van der Waals surface area contributed by atoms with E-state index in [0.29, 0.717) is 42.4 Å². The maximum absolute atomic E-state index is 12.1. The summed E-state index contributed by atoms with van der Waals surface area (Å²) in [7, 11) is 0. The molecule has 0 aliphatic carbocycles. The van der Waals surface area contributed by atoms with Gasteiger partial charge >= 0.3 is 5.97 Å². The summed E-state index contributed by atoms with van der Waals surface area (Å²) in [6.45, 7) is 7.06. The van der Waals surface area contributed by atoms with Crippen molar-refractivity contribution in [2.24, 2.45) is 5.41 Å². The quantitative estimate of drug-likeness (QED) is 0.238. The summed E-state index contributed by atoms with van der Waals surface area (Å²) >= 11 is 6.07. The van der Waals surface area contributed by atoms with Crippen LogP contribution in [0.3, 0.4) is 0 Å². The number of nitrogens with zero attached hydrogens (tertiary/aromatic N) is 4. The van der Waals surface area contributed by atoms with Crippen LogP contribution in [0.4, 0.5) is 0 Å². The minimum absolute atomic E-state index is 0.173. The first-order valence-corrected chi connectivity index (χ1v) is 10.9. The van der Waals surface area contributed by atoms with Crippen molar-refractivity contribution < 1.29 is 19.0 Å². The van der Waals surface area contributed by atoms with E-state index < -0.39 is 5.41 Å². The highest BCUT2D eigenvalue weighted by molar-refractivity contribution is 6.33. The molecule has 0 fully saturated rings. The lowest BCUT2D eigenvalue weighted by molar-refractivity contribution is -0.154. The molecule has 8 nitrogen and oxygen atoms in total. The molecule has 2 aromatic heterocycles. The summed E-state index contributed by atoms with van der Waals surface area (Å²) in [5, 5.41) is 0.300. The summed E-state index contributed by atoms with van der Waals surface area (Å²) in [4.78, 5) is 24.5. The average Bonchev–Trinajstić information content (AvgIpc) is 3.19. The largest absolute Gasteiger partial charge is 0.465 e. The number of carbonyl (C=O) groups excluding carboxylic acids is 1. The Bertz CT molecular complexity index is 1000. The van der Waals surface area contributed by atoms with Crippen molar-refractivity contribution in [1.29, 1.82) is 0 Å². The number of carbonyl (C=O) groups is 1. The molecule has 0 spiro atoms. The van der Waals surface area contributed by atoms with Crippen molar-refractivity contribution in [2.75, 3.05) is 13.2 Å². The number of hydrogen-bond acceptors (Lipinski definition) is 7. The first-order chi connectivity index (χ1) is 15.3. The van der Waals surface area contributed by atoms with E-state index in [0.717, 1.165) is 5.56 Å². The molecule has 0 N–H and O–H groups in total. The van der Waals surface area contributed by atoms with Crippen LogP contribution in [0.15, 0.2) is 43.0 Å². The molecule has 0 amide bonds. The lowest BCUT2D eigenvalue weighted by Crippen LogP contribution is -2.26. The number of hydrogen-bond donors (Lipinski definition) is 0. The first-order valence-electron chi connectivity index (χ1n) is 10.6. The summed E-state index contributed by atoms with van der Waals surface area (Å²) in [6, 6.07) is 10.00. The zero-order valence-corrected chi connectivity index (χ0v) is 19.4. The van der Waals surface area contributed by atoms with Gasteiger partial charge in [0, 0.05) is 13.0 Å². The van der Waals surface area contributed by atoms with Gasteiger partial charge in [-0.05, 0) is 32.8 Å². The molecule has 0 bridgehead atoms. The predicted molar refractivity (Wildman–Crippen MR) is 121 cm³/mol. The van der Waals surface area contributed by atoms with Gasteiger partial charge in [0.1, 0.15) is 18.6 Å². The average molecular weight is 461 g/mol. The van der Waals surface area contributed by atoms with E-state index in [4.69, 9.17) is 25.8 Å². The predicted octanol–water partition coefficient (Wildman–Crippen LogP) is 4.41. The molecule has 2 heterocycles. The Balaban J connectivity index is 1.54. The Kier molecular flexibility index (Phi) is 8.55. The van der Waals surface area contributed by atoms with Crippen LogP contribution in [-0.4, -0.2) is 44.8 Å². The van der Waals surface area contributed by atoms with Gasteiger partial charge in [0.2, 0.25) is 0 Å². The number of ether oxygens (including phenoxy) is 3. The molecule has 0 aliphatic heterocycles. The van der Waals surface area contributed by atoms with Gasteiger partial charge in [-0.3, -0.25) is 9.36 Å². The van der Waals surface area contributed by atoms with Gasteiger partial charge in [0.25, 0.3) is 0 Å². The number of benzene rings is 1. The van der Waals surface area contributed by atoms with Crippen molar-refractivity contribution in [3.8, 4) is 0 Å². The topological polar surface area (TPSA) is 88.4 Å². The van der Waals surface area contributed by atoms with Gasteiger partial charge in [-0.1, -0.05) is 41.9 Å². The van der Waals surface area contributed by atoms with Gasteiger partial charge in [0.15, 0.2) is 10.8 Å². The van der Waals surface area contributed by atoms with Crippen LogP contribution in [-0.2, 0) is 32.3 Å². The normalized spacial score (nSPS) is 12.8. The highest BCUT2D eigenvalue weighted by Crippen LogP contribution is 2.19. The van der Waals surface area contributed by atoms with Crippen LogP contribution in [0.1, 0.15) is 39.2 Å². The number of rotatable bonds is 11. The van der Waals surface area contributed by atoms with Crippen molar-refractivity contribution in [2.45, 2.75) is 53.1 Å². The second kappa shape index (κ2) is 11.4. The van der Waals surface area contributed by atoms with Crippen LogP contribution < -0.4 is 0 Å². The molecule has 0 aliphatic rings. The van der Waals surface area contributed by atoms with Crippen LogP contribution in [0, 0.1) is 5.41 Å². The number of aromatic nitrogens is 4. The smallest absolute Gasteiger partial charge is 0.311 e. The third-order valence-electron chi connectivity index (χ3n) is 4.79. The van der Waals surface area contributed by atoms with E-state index in [1.54, 1.807) is 10.9 Å². The third kappa shape index (κ3) is 6.98. The van der Waals surface area contributed by atoms with E-state index in [1.807, 2.05) is 51.1 Å². The molecule has 3 rings (SSSR count). The fourth-order valence-electron chi connectivity index (χ4n) is 2.92. The number of halogens is 1. The van der Waals surface area contributed by atoms with Crippen LogP contribution in [0.5, 0.6) is 0 Å². The summed E-state index contributed by atoms with van der Waals surface area (Å²) < 4.78 is 19.1. The third-order valence-corrected chi connectivity index (χ3v) is 5.06. The highest BCUT2D eigenvalue weighted by Gasteiger charge is 2.23. The number of imidazole rings is 1. The molecule has 9 heteroatoms. The second-order valence-corrected chi connectivity index (χ2v) is 8.83. The Morgan fingerprint density at radius 2 is 1.84 bits per heavy atom. The fourth-order valence-corrected chi connectivity index (χ4v) is 3.10. The first kappa shape index (κ1) is 24.1. The van der Waals surface area contributed by atoms with Crippen molar-refractivity contribution in [1.82, 2.24) is 19.5 Å². The maximum Gasteiger partial charge on any atom is 0.311 e. The molecular weight excluding hydrogens is 432 g/mol. The molecule has 1 aromatic carbocycles. The monoisotopic (exact) mass is 460 g/mol. The summed E-state index contributed by atoms with van der Waals surface area (Å²) in [5.74, 6) is -0.233. The zero-order valence-electron chi connectivity index (χ0n) is 18.7. The van der Waals surface area contributed by atoms with E-state index in [-0.39, 0.29) is 25.4 Å². The summed E-state index contributed by atoms with van der Waals surface area (Å²) in [6.07, 6.45) is 4.05. The van der Waals surface area contributed by atoms with Gasteiger partial charge < -0.3 is 14.2 Å². The Morgan fingerprint density at radius 3 is 2.59 bits per heavy atom. The molecule has 172 valence electrons. The SMILES string of the molecule is CC(C)(C)C(=O)OCC[C@H](CCOCc1ccccc1)OCn1cnc2c(Cl)ncnc21. The lowest BCUT2D eigenvalue weighted by Gasteiger charge is -2.21. The zero-order chi connectivity index (χ0) is 23.0. The van der Waals surface area contributed by atoms with Crippen molar-refractivity contribution >= 4 is 28.7 Å². The molecule has 1 atom stereocenters. The van der Waals surface area contributed by atoms with Crippen molar-refractivity contribution in [3.05, 3.63) is 53.7 Å². The van der Waals surface area contributed by atoms with Crippen LogP contribution in [0.25, 0.3) is 11.2 Å². The summed E-state index contributed by atoms with van der Waals surface area (Å²) in [5.41, 5.74) is 1.71. The lowest BCUT2D eigenvalue weighted by atomic mass is 9.97. The number of fused-ring (bicyclic) bond motifs is 1. The van der Waals surface area contributed by atoms with Crippen LogP contribution >= 0.6 is 11.6 Å². The van der Waals surface area contributed by atoms with Crippen LogP contribution in [0.2, 0.25) is 5.15 Å². The maximum atomic E-state index is 12.1. The standard InChI is InChI=1S/C23H29ClN4O4/c1-23(2,3)22(29)31-12-10-18(9-11-30-13-17-7-5-4-6-8-17)32-16-28-15-27-19-20(24)25-14-26-21(19)28/h4-8,14-15,18H,9-13,16H2,1-3H3/t18-/m0/s1. The molecule has 0 saturated carbocycles. The molecule has 32 heavy (non-hydrogen) atoms. The Morgan fingerprint density at radius 1 is 1.09 bits per heavy atom. The van der Waals surface area contributed by atoms with Gasteiger partial charge in [0.05, 0.1) is 31.1 Å². The van der Waals surface area contributed by atoms with E-state index in [9.17, 15) is 4.79 Å². The minimum atomic E-state index is -0.538. The van der Waals surface area contributed by atoms with Gasteiger partial charge in [-0.25, -0.2) is 15.0 Å².